The van der Waals surface area contributed by atoms with Crippen LogP contribution in [0.25, 0.3) is 0 Å². The highest BCUT2D eigenvalue weighted by Gasteiger charge is 2.26. The minimum atomic E-state index is 0.0630. The standard InChI is InChI=1S/C13H25N3O/c1-12(15-10-5-6-14-7-11-15)13(17)16-8-3-2-4-9-16/h12,14H,2-11H2,1H3. The average Bonchev–Trinajstić information content (AvgIpc) is 2.67. The fraction of sp³-hybridized carbons (Fsp3) is 0.923. The van der Waals surface area contributed by atoms with Gasteiger partial charge in [0.2, 0.25) is 5.91 Å². The number of likely N-dealkylation sites (tertiary alicyclic amines) is 1. The third-order valence-electron chi connectivity index (χ3n) is 3.95. The second kappa shape index (κ2) is 6.36. The van der Waals surface area contributed by atoms with Gasteiger partial charge in [0.1, 0.15) is 0 Å². The average molecular weight is 239 g/mol. The molecule has 4 heteroatoms. The molecule has 2 fully saturated rings. The van der Waals surface area contributed by atoms with Gasteiger partial charge in [-0.3, -0.25) is 9.69 Å². The first-order valence-corrected chi connectivity index (χ1v) is 7.02. The van der Waals surface area contributed by atoms with Crippen LogP contribution in [0.15, 0.2) is 0 Å². The van der Waals surface area contributed by atoms with Crippen molar-refractivity contribution < 1.29 is 4.79 Å². The van der Waals surface area contributed by atoms with Crippen LogP contribution in [0.3, 0.4) is 0 Å². The van der Waals surface area contributed by atoms with Gasteiger partial charge < -0.3 is 10.2 Å². The summed E-state index contributed by atoms with van der Waals surface area (Å²) in [6.07, 6.45) is 4.80. The highest BCUT2D eigenvalue weighted by molar-refractivity contribution is 5.81. The Morgan fingerprint density at radius 3 is 2.53 bits per heavy atom. The molecule has 1 N–H and O–H groups in total. The maximum Gasteiger partial charge on any atom is 0.239 e. The van der Waals surface area contributed by atoms with Gasteiger partial charge in [-0.2, -0.15) is 0 Å². The molecule has 17 heavy (non-hydrogen) atoms. The first kappa shape index (κ1) is 12.8. The van der Waals surface area contributed by atoms with E-state index in [1.54, 1.807) is 0 Å². The Bertz CT molecular complexity index is 243. The van der Waals surface area contributed by atoms with Crippen LogP contribution in [0.1, 0.15) is 32.6 Å². The largest absolute Gasteiger partial charge is 0.341 e. The number of hydrogen-bond donors (Lipinski definition) is 1. The van der Waals surface area contributed by atoms with Gasteiger partial charge in [-0.25, -0.2) is 0 Å². The van der Waals surface area contributed by atoms with Crippen LogP contribution in [0.4, 0.5) is 0 Å². The smallest absolute Gasteiger partial charge is 0.239 e. The van der Waals surface area contributed by atoms with E-state index in [0.717, 1.165) is 45.7 Å². The van der Waals surface area contributed by atoms with E-state index in [0.29, 0.717) is 5.91 Å². The van der Waals surface area contributed by atoms with Crippen molar-refractivity contribution in [3.05, 3.63) is 0 Å². The second-order valence-corrected chi connectivity index (χ2v) is 5.20. The number of carbonyl (C=O) groups is 1. The van der Waals surface area contributed by atoms with Crippen molar-refractivity contribution >= 4 is 5.91 Å². The number of rotatable bonds is 2. The maximum absolute atomic E-state index is 12.4. The van der Waals surface area contributed by atoms with E-state index < -0.39 is 0 Å². The summed E-state index contributed by atoms with van der Waals surface area (Å²) in [5.74, 6) is 0.339. The van der Waals surface area contributed by atoms with Crippen LogP contribution in [0.2, 0.25) is 0 Å². The molecule has 2 saturated heterocycles. The van der Waals surface area contributed by atoms with E-state index in [1.165, 1.54) is 19.3 Å². The van der Waals surface area contributed by atoms with Gasteiger partial charge in [-0.1, -0.05) is 0 Å². The van der Waals surface area contributed by atoms with E-state index in [2.05, 4.69) is 22.0 Å². The van der Waals surface area contributed by atoms with E-state index >= 15 is 0 Å². The molecule has 1 unspecified atom stereocenters. The van der Waals surface area contributed by atoms with Gasteiger partial charge in [0.15, 0.2) is 0 Å². The highest BCUT2D eigenvalue weighted by Crippen LogP contribution is 2.13. The van der Waals surface area contributed by atoms with Crippen molar-refractivity contribution in [3.8, 4) is 0 Å². The van der Waals surface area contributed by atoms with Gasteiger partial charge >= 0.3 is 0 Å². The SMILES string of the molecule is CC(C(=O)N1CCCCC1)N1CCCNCC1. The summed E-state index contributed by atoms with van der Waals surface area (Å²) in [6.45, 7) is 8.15. The lowest BCUT2D eigenvalue weighted by atomic mass is 10.1. The van der Waals surface area contributed by atoms with Crippen LogP contribution in [0, 0.1) is 0 Å². The molecular weight excluding hydrogens is 214 g/mol. The van der Waals surface area contributed by atoms with Crippen LogP contribution in [-0.4, -0.2) is 61.0 Å². The summed E-state index contributed by atoms with van der Waals surface area (Å²) in [4.78, 5) is 16.8. The molecule has 0 saturated carbocycles. The monoisotopic (exact) mass is 239 g/mol. The highest BCUT2D eigenvalue weighted by atomic mass is 16.2. The first-order valence-electron chi connectivity index (χ1n) is 7.02. The molecule has 0 aromatic carbocycles. The molecule has 1 atom stereocenters. The van der Waals surface area contributed by atoms with Gasteiger partial charge in [0, 0.05) is 32.7 Å². The first-order chi connectivity index (χ1) is 8.29. The van der Waals surface area contributed by atoms with Crippen molar-refractivity contribution in [2.45, 2.75) is 38.6 Å². The molecule has 0 aromatic rings. The normalized spacial score (nSPS) is 25.4. The molecule has 0 aromatic heterocycles. The molecule has 0 aliphatic carbocycles. The lowest BCUT2D eigenvalue weighted by molar-refractivity contribution is -0.137. The number of amides is 1. The Balaban J connectivity index is 1.88. The Morgan fingerprint density at radius 1 is 1.00 bits per heavy atom. The zero-order valence-corrected chi connectivity index (χ0v) is 11.0. The molecule has 0 bridgehead atoms. The molecule has 2 rings (SSSR count). The lowest BCUT2D eigenvalue weighted by Gasteiger charge is -2.33. The van der Waals surface area contributed by atoms with Crippen molar-refractivity contribution in [3.63, 3.8) is 0 Å². The topological polar surface area (TPSA) is 35.6 Å². The van der Waals surface area contributed by atoms with Gasteiger partial charge in [-0.05, 0) is 39.2 Å². The van der Waals surface area contributed by atoms with Gasteiger partial charge in [0.05, 0.1) is 6.04 Å². The van der Waals surface area contributed by atoms with Crippen molar-refractivity contribution in [2.75, 3.05) is 39.3 Å². The third kappa shape index (κ3) is 3.42. The number of carbonyl (C=O) groups excluding carboxylic acids is 1. The minimum Gasteiger partial charge on any atom is -0.341 e. The molecule has 1 amide bonds. The molecular formula is C13H25N3O. The van der Waals surface area contributed by atoms with Crippen LogP contribution >= 0.6 is 0 Å². The number of hydrogen-bond acceptors (Lipinski definition) is 3. The third-order valence-corrected chi connectivity index (χ3v) is 3.95. The molecule has 2 heterocycles. The second-order valence-electron chi connectivity index (χ2n) is 5.20. The summed E-state index contributed by atoms with van der Waals surface area (Å²) in [6, 6.07) is 0.0630. The zero-order chi connectivity index (χ0) is 12.1. The molecule has 2 aliphatic heterocycles. The lowest BCUT2D eigenvalue weighted by Crippen LogP contribution is -2.49. The zero-order valence-electron chi connectivity index (χ0n) is 11.0. The summed E-state index contributed by atoms with van der Waals surface area (Å²) in [5, 5.41) is 3.38. The van der Waals surface area contributed by atoms with Crippen molar-refractivity contribution in [2.24, 2.45) is 0 Å². The maximum atomic E-state index is 12.4. The Kier molecular flexibility index (Phi) is 4.80. The van der Waals surface area contributed by atoms with Crippen LogP contribution < -0.4 is 5.32 Å². The van der Waals surface area contributed by atoms with Crippen LogP contribution in [-0.2, 0) is 4.79 Å². The van der Waals surface area contributed by atoms with Gasteiger partial charge in [0.25, 0.3) is 0 Å². The quantitative estimate of drug-likeness (QED) is 0.770. The number of nitrogens with one attached hydrogen (secondary N) is 1. The van der Waals surface area contributed by atoms with Crippen molar-refractivity contribution in [1.29, 1.82) is 0 Å². The summed E-state index contributed by atoms with van der Waals surface area (Å²) < 4.78 is 0. The molecule has 2 aliphatic rings. The fourth-order valence-corrected chi connectivity index (χ4v) is 2.79. The molecule has 4 nitrogen and oxygen atoms in total. The predicted molar refractivity (Wildman–Crippen MR) is 69.0 cm³/mol. The molecule has 0 spiro atoms. The predicted octanol–water partition coefficient (Wildman–Crippen LogP) is 0.683. The molecule has 98 valence electrons. The number of piperidine rings is 1. The summed E-state index contributed by atoms with van der Waals surface area (Å²) in [5.41, 5.74) is 0. The van der Waals surface area contributed by atoms with Crippen molar-refractivity contribution in [1.82, 2.24) is 15.1 Å². The minimum absolute atomic E-state index is 0.0630. The summed E-state index contributed by atoms with van der Waals surface area (Å²) in [7, 11) is 0. The van der Waals surface area contributed by atoms with Gasteiger partial charge in [-0.15, -0.1) is 0 Å². The Labute approximate surface area is 104 Å². The van der Waals surface area contributed by atoms with Crippen LogP contribution in [0.5, 0.6) is 0 Å². The Morgan fingerprint density at radius 2 is 1.76 bits per heavy atom. The van der Waals surface area contributed by atoms with E-state index in [1.807, 2.05) is 0 Å². The fourth-order valence-electron chi connectivity index (χ4n) is 2.79. The Hall–Kier alpha value is -0.610. The summed E-state index contributed by atoms with van der Waals surface area (Å²) >= 11 is 0. The molecule has 0 radical (unpaired) electrons. The van der Waals surface area contributed by atoms with E-state index in [9.17, 15) is 4.79 Å². The van der Waals surface area contributed by atoms with E-state index in [4.69, 9.17) is 0 Å². The van der Waals surface area contributed by atoms with E-state index in [-0.39, 0.29) is 6.04 Å². The number of nitrogens with zero attached hydrogens (tertiary/aromatic N) is 2.